The molecule has 5 nitrogen and oxygen atoms in total. The van der Waals surface area contributed by atoms with Crippen LogP contribution in [0, 0.1) is 5.82 Å². The van der Waals surface area contributed by atoms with Crippen LogP contribution in [-0.2, 0) is 4.74 Å². The predicted molar refractivity (Wildman–Crippen MR) is 90.4 cm³/mol. The van der Waals surface area contributed by atoms with Crippen LogP contribution < -0.4 is 10.6 Å². The summed E-state index contributed by atoms with van der Waals surface area (Å²) >= 11 is 1.54. The Hall–Kier alpha value is -2.15. The van der Waals surface area contributed by atoms with E-state index < -0.39 is 17.5 Å². The molecule has 0 radical (unpaired) electrons. The molecule has 0 saturated carbocycles. The first-order chi connectivity index (χ1) is 10.7. The van der Waals surface area contributed by atoms with E-state index in [1.807, 2.05) is 6.92 Å². The highest BCUT2D eigenvalue weighted by molar-refractivity contribution is 7.09. The first kappa shape index (κ1) is 17.2. The van der Waals surface area contributed by atoms with E-state index in [2.05, 4.69) is 15.6 Å². The summed E-state index contributed by atoms with van der Waals surface area (Å²) in [5.41, 5.74) is 1.88. The summed E-state index contributed by atoms with van der Waals surface area (Å²) in [6.45, 7) is 7.23. The number of amides is 1. The zero-order valence-corrected chi connectivity index (χ0v) is 14.3. The topological polar surface area (TPSA) is 63.2 Å². The van der Waals surface area contributed by atoms with Gasteiger partial charge in [0.25, 0.3) is 0 Å². The second kappa shape index (κ2) is 6.95. The first-order valence-electron chi connectivity index (χ1n) is 7.19. The highest BCUT2D eigenvalue weighted by Gasteiger charge is 2.18. The summed E-state index contributed by atoms with van der Waals surface area (Å²) in [6.07, 6.45) is 1.09. The maximum atomic E-state index is 13.9. The van der Waals surface area contributed by atoms with E-state index >= 15 is 0 Å². The van der Waals surface area contributed by atoms with Gasteiger partial charge in [0.1, 0.15) is 11.4 Å². The van der Waals surface area contributed by atoms with Crippen LogP contribution in [0.4, 0.5) is 20.6 Å². The number of benzene rings is 1. The summed E-state index contributed by atoms with van der Waals surface area (Å²) in [5, 5.41) is 5.67. The lowest BCUT2D eigenvalue weighted by Crippen LogP contribution is -2.27. The molecule has 1 atom stereocenters. The average Bonchev–Trinajstić information content (AvgIpc) is 2.94. The summed E-state index contributed by atoms with van der Waals surface area (Å²) in [5.74, 6) is -0.521. The maximum Gasteiger partial charge on any atom is 0.412 e. The number of aromatic nitrogens is 1. The highest BCUT2D eigenvalue weighted by Crippen LogP contribution is 2.25. The standard InChI is InChI=1S/C16H20FN3O2S/c1-10(14-8-18-9-23-14)19-11-5-6-12(17)13(7-11)20-15(21)22-16(2,3)4/h5-10,19H,1-4H3,(H,20,21). The molecular formula is C16H20FN3O2S. The van der Waals surface area contributed by atoms with Crippen molar-refractivity contribution in [2.75, 3.05) is 10.6 Å². The third-order valence-corrected chi connectivity index (χ3v) is 3.82. The molecule has 23 heavy (non-hydrogen) atoms. The van der Waals surface area contributed by atoms with Crippen LogP contribution in [0.3, 0.4) is 0 Å². The van der Waals surface area contributed by atoms with Crippen molar-refractivity contribution in [1.29, 1.82) is 0 Å². The Kier molecular flexibility index (Phi) is 5.20. The van der Waals surface area contributed by atoms with Gasteiger partial charge < -0.3 is 10.1 Å². The molecule has 2 N–H and O–H groups in total. The molecule has 2 aromatic rings. The number of carbonyl (C=O) groups is 1. The van der Waals surface area contributed by atoms with Crippen molar-refractivity contribution in [3.63, 3.8) is 0 Å². The number of halogens is 1. The molecule has 1 aromatic heterocycles. The minimum absolute atomic E-state index is 0.0299. The van der Waals surface area contributed by atoms with Crippen molar-refractivity contribution >= 4 is 28.8 Å². The molecule has 1 aromatic carbocycles. The molecule has 1 heterocycles. The van der Waals surface area contributed by atoms with Crippen molar-refractivity contribution in [3.05, 3.63) is 40.6 Å². The van der Waals surface area contributed by atoms with E-state index in [1.165, 1.54) is 23.5 Å². The number of thiazole rings is 1. The van der Waals surface area contributed by atoms with Gasteiger partial charge in [0.2, 0.25) is 0 Å². The first-order valence-corrected chi connectivity index (χ1v) is 8.07. The van der Waals surface area contributed by atoms with E-state index in [0.717, 1.165) is 4.88 Å². The van der Waals surface area contributed by atoms with Crippen LogP contribution in [-0.4, -0.2) is 16.7 Å². The smallest absolute Gasteiger partial charge is 0.412 e. The van der Waals surface area contributed by atoms with Crippen molar-refractivity contribution in [2.45, 2.75) is 39.3 Å². The van der Waals surface area contributed by atoms with Crippen LogP contribution >= 0.6 is 11.3 Å². The molecular weight excluding hydrogens is 317 g/mol. The fourth-order valence-electron chi connectivity index (χ4n) is 1.89. The lowest BCUT2D eigenvalue weighted by Gasteiger charge is -2.20. The number of anilines is 2. The highest BCUT2D eigenvalue weighted by atomic mass is 32.1. The van der Waals surface area contributed by atoms with Crippen molar-refractivity contribution in [1.82, 2.24) is 4.98 Å². The van der Waals surface area contributed by atoms with Crippen molar-refractivity contribution in [3.8, 4) is 0 Å². The molecule has 2 rings (SSSR count). The lowest BCUT2D eigenvalue weighted by molar-refractivity contribution is 0.0635. The van der Waals surface area contributed by atoms with Gasteiger partial charge in [-0.2, -0.15) is 0 Å². The SMILES string of the molecule is CC(Nc1ccc(F)c(NC(=O)OC(C)(C)C)c1)c1cncs1. The molecule has 0 saturated heterocycles. The fourth-order valence-corrected chi connectivity index (χ4v) is 2.51. The Balaban J connectivity index is 2.08. The summed E-state index contributed by atoms with van der Waals surface area (Å²) in [6, 6.07) is 4.49. The van der Waals surface area contributed by atoms with Crippen LogP contribution in [0.15, 0.2) is 29.9 Å². The number of carbonyl (C=O) groups excluding carboxylic acids is 1. The fraction of sp³-hybridized carbons (Fsp3) is 0.375. The molecule has 0 spiro atoms. The second-order valence-electron chi connectivity index (χ2n) is 6.09. The zero-order valence-electron chi connectivity index (χ0n) is 13.5. The largest absolute Gasteiger partial charge is 0.444 e. The minimum Gasteiger partial charge on any atom is -0.444 e. The molecule has 0 bridgehead atoms. The number of hydrogen-bond donors (Lipinski definition) is 2. The maximum absolute atomic E-state index is 13.9. The van der Waals surface area contributed by atoms with Gasteiger partial charge in [0.05, 0.1) is 17.2 Å². The molecule has 0 fully saturated rings. The van der Waals surface area contributed by atoms with Crippen molar-refractivity contribution in [2.24, 2.45) is 0 Å². The van der Waals surface area contributed by atoms with Gasteiger partial charge in [-0.3, -0.25) is 10.3 Å². The van der Waals surface area contributed by atoms with Gasteiger partial charge in [-0.15, -0.1) is 11.3 Å². The molecule has 0 aliphatic rings. The monoisotopic (exact) mass is 337 g/mol. The number of hydrogen-bond acceptors (Lipinski definition) is 5. The second-order valence-corrected chi connectivity index (χ2v) is 7.01. The molecule has 1 unspecified atom stereocenters. The predicted octanol–water partition coefficient (Wildman–Crippen LogP) is 4.80. The average molecular weight is 337 g/mol. The summed E-state index contributed by atoms with van der Waals surface area (Å²) < 4.78 is 19.0. The van der Waals surface area contributed by atoms with Gasteiger partial charge in [-0.25, -0.2) is 9.18 Å². The van der Waals surface area contributed by atoms with E-state index in [4.69, 9.17) is 4.74 Å². The van der Waals surface area contributed by atoms with Crippen LogP contribution in [0.2, 0.25) is 0 Å². The van der Waals surface area contributed by atoms with E-state index in [9.17, 15) is 9.18 Å². The van der Waals surface area contributed by atoms with Crippen LogP contribution in [0.5, 0.6) is 0 Å². The summed E-state index contributed by atoms with van der Waals surface area (Å²) in [7, 11) is 0. The van der Waals surface area contributed by atoms with Crippen LogP contribution in [0.1, 0.15) is 38.6 Å². The van der Waals surface area contributed by atoms with Gasteiger partial charge in [0.15, 0.2) is 0 Å². The Morgan fingerprint density at radius 2 is 2.13 bits per heavy atom. The molecule has 0 aliphatic carbocycles. The number of rotatable bonds is 4. The van der Waals surface area contributed by atoms with Crippen LogP contribution in [0.25, 0.3) is 0 Å². The van der Waals surface area contributed by atoms with Gasteiger partial charge >= 0.3 is 6.09 Å². The molecule has 0 aliphatic heterocycles. The molecule has 7 heteroatoms. The van der Waals surface area contributed by atoms with E-state index in [-0.39, 0.29) is 11.7 Å². The quantitative estimate of drug-likeness (QED) is 0.841. The van der Waals surface area contributed by atoms with Crippen molar-refractivity contribution < 1.29 is 13.9 Å². The molecule has 1 amide bonds. The Morgan fingerprint density at radius 3 is 2.74 bits per heavy atom. The molecule has 124 valence electrons. The Morgan fingerprint density at radius 1 is 1.39 bits per heavy atom. The number of nitrogens with one attached hydrogen (secondary N) is 2. The zero-order chi connectivity index (χ0) is 17.0. The number of nitrogens with zero attached hydrogens (tertiary/aromatic N) is 1. The van der Waals surface area contributed by atoms with Gasteiger partial charge in [0, 0.05) is 16.8 Å². The normalized spacial score (nSPS) is 12.6. The Bertz CT molecular complexity index is 668. The lowest BCUT2D eigenvalue weighted by atomic mass is 10.2. The third-order valence-electron chi connectivity index (χ3n) is 2.86. The van der Waals surface area contributed by atoms with Gasteiger partial charge in [-0.05, 0) is 45.9 Å². The van der Waals surface area contributed by atoms with Gasteiger partial charge in [-0.1, -0.05) is 0 Å². The van der Waals surface area contributed by atoms with E-state index in [1.54, 1.807) is 38.5 Å². The third kappa shape index (κ3) is 5.21. The summed E-state index contributed by atoms with van der Waals surface area (Å²) in [4.78, 5) is 16.9. The number of ether oxygens (including phenoxy) is 1. The minimum atomic E-state index is -0.691. The van der Waals surface area contributed by atoms with E-state index in [0.29, 0.717) is 5.69 Å². The Labute approximate surface area is 138 Å².